The van der Waals surface area contributed by atoms with Crippen LogP contribution in [0.2, 0.25) is 0 Å². The number of benzene rings is 18. The third-order valence-electron chi connectivity index (χ3n) is 25.1. The van der Waals surface area contributed by atoms with Gasteiger partial charge in [0.05, 0.1) is 0 Å². The summed E-state index contributed by atoms with van der Waals surface area (Å²) in [5.74, 6) is 0. The topological polar surface area (TPSA) is 90.5 Å². The van der Waals surface area contributed by atoms with Crippen LogP contribution in [0, 0.1) is 0 Å². The standard InChI is InChI=1S/C126H112N6O6/c1-7-9-89-125(3,4)137-123(133)135-91-93-41-65-111(66-42-93)127(105-29-17-11-18-30-105)113-69-45-95(46-70-113)97-49-73-115(74-50-97)129(107-33-21-13-22-34-107)117-77-53-99(54-78-117)101-57-81-119(82-58-101)131(109-37-25-15-26-38-109)121-85-61-103(62-86-121)104-63-87-122(88-64-104)132(110-39-27-16-28-40-110)120-83-59-102(60-84-120)100-55-79-118(80-56-100)130(108-35-23-14-24-36-108)116-75-51-98(52-76-116)96-47-71-114(72-48-96)128(106-31-19-12-20-32-106)112-67-43-94(44-68-112)92-136-124(134)138-126(5,6)90-10-8-2/h11-88H,7-10,89-92H2,1-6H3. The molecule has 0 fully saturated rings. The Hall–Kier alpha value is -16.7. The van der Waals surface area contributed by atoms with Gasteiger partial charge < -0.3 is 48.3 Å². The maximum atomic E-state index is 12.7. The average Bonchev–Trinajstić information content (AvgIpc) is 0.793. The Morgan fingerprint density at radius 2 is 0.319 bits per heavy atom. The summed E-state index contributed by atoms with van der Waals surface area (Å²) >= 11 is 0. The van der Waals surface area contributed by atoms with Crippen LogP contribution in [0.3, 0.4) is 0 Å². The molecule has 18 aromatic carbocycles. The highest BCUT2D eigenvalue weighted by atomic mass is 16.7. The molecule has 682 valence electrons. The second kappa shape index (κ2) is 43.1. The fraction of sp³-hybridized carbons (Fsp3) is 0.127. The zero-order valence-corrected chi connectivity index (χ0v) is 78.8. The van der Waals surface area contributed by atoms with E-state index in [2.05, 4.69) is 480 Å². The Balaban J connectivity index is 0.522. The normalized spacial score (nSPS) is 11.3. The van der Waals surface area contributed by atoms with Crippen molar-refractivity contribution in [2.75, 3.05) is 29.4 Å². The summed E-state index contributed by atoms with van der Waals surface area (Å²) in [5, 5.41) is 0. The van der Waals surface area contributed by atoms with E-state index >= 15 is 0 Å². The lowest BCUT2D eigenvalue weighted by molar-refractivity contribution is -0.0255. The smallest absolute Gasteiger partial charge is 0.429 e. The van der Waals surface area contributed by atoms with Crippen molar-refractivity contribution in [1.29, 1.82) is 0 Å². The van der Waals surface area contributed by atoms with Crippen LogP contribution >= 0.6 is 0 Å². The average molecular weight is 1810 g/mol. The highest BCUT2D eigenvalue weighted by Gasteiger charge is 2.27. The molecule has 0 aliphatic rings. The Kier molecular flexibility index (Phi) is 28.7. The van der Waals surface area contributed by atoms with E-state index in [4.69, 9.17) is 18.9 Å². The lowest BCUT2D eigenvalue weighted by Crippen LogP contribution is -2.28. The second-order valence-corrected chi connectivity index (χ2v) is 35.8. The summed E-state index contributed by atoms with van der Waals surface area (Å²) in [4.78, 5) is 39.1. The Labute approximate surface area is 811 Å². The number of unbranched alkanes of at least 4 members (excludes halogenated alkanes) is 2. The molecule has 12 heteroatoms. The van der Waals surface area contributed by atoms with Crippen LogP contribution in [0.4, 0.5) is 112 Å². The molecular weight excluding hydrogens is 1690 g/mol. The predicted octanol–water partition coefficient (Wildman–Crippen LogP) is 36.1. The van der Waals surface area contributed by atoms with Crippen molar-refractivity contribution in [3.05, 3.63) is 484 Å². The molecular formula is C126H112N6O6. The first-order valence-electron chi connectivity index (χ1n) is 47.6. The third kappa shape index (κ3) is 22.4. The zero-order valence-electron chi connectivity index (χ0n) is 78.8. The molecule has 0 spiro atoms. The molecule has 0 saturated carbocycles. The van der Waals surface area contributed by atoms with Gasteiger partial charge in [-0.25, -0.2) is 9.59 Å². The minimum Gasteiger partial charge on any atom is -0.429 e. The molecule has 0 heterocycles. The lowest BCUT2D eigenvalue weighted by atomic mass is 10.0. The molecule has 0 aliphatic carbocycles. The SMILES string of the molecule is CCCCC(C)(C)OC(=O)OCc1ccc(N(c2ccccc2)c2ccc(-c3ccc(N(c4ccccc4)c4ccc(-c5ccc(N(c6ccccc6)c6ccc(-c7ccc(N(c8ccccc8)c8ccc(-c9ccc(N(c%10ccccc%10)c%10ccc(-c%11ccc(N(c%12ccccc%12)c%12ccc(COC(=O)OC(C)(C)CCCC)cc%12)cc%11)cc%10)cc9)cc8)cc7)cc6)cc5)cc4)cc3)cc2)cc1. The summed E-state index contributed by atoms with van der Waals surface area (Å²) in [6.07, 6.45) is 4.27. The van der Waals surface area contributed by atoms with Crippen LogP contribution in [-0.4, -0.2) is 23.5 Å². The Morgan fingerprint density at radius 3 is 0.457 bits per heavy atom. The predicted molar refractivity (Wildman–Crippen MR) is 571 cm³/mol. The number of ether oxygens (including phenoxy) is 4. The maximum absolute atomic E-state index is 12.7. The van der Waals surface area contributed by atoms with E-state index in [1.54, 1.807) is 0 Å². The van der Waals surface area contributed by atoms with Crippen molar-refractivity contribution in [1.82, 2.24) is 0 Å². The number of anilines is 18. The Bertz CT molecular complexity index is 6530. The quantitative estimate of drug-likeness (QED) is 0.0354. The van der Waals surface area contributed by atoms with E-state index in [1.807, 2.05) is 64.1 Å². The monoisotopic (exact) mass is 1800 g/mol. The molecule has 0 aromatic heterocycles. The molecule has 12 nitrogen and oxygen atoms in total. The van der Waals surface area contributed by atoms with Crippen molar-refractivity contribution in [2.24, 2.45) is 0 Å². The van der Waals surface area contributed by atoms with Gasteiger partial charge in [-0.2, -0.15) is 0 Å². The molecule has 0 aliphatic heterocycles. The fourth-order valence-corrected chi connectivity index (χ4v) is 17.8. The van der Waals surface area contributed by atoms with E-state index in [9.17, 15) is 9.59 Å². The van der Waals surface area contributed by atoms with Crippen LogP contribution in [-0.2, 0) is 32.2 Å². The minimum atomic E-state index is -0.654. The second-order valence-electron chi connectivity index (χ2n) is 35.8. The molecule has 0 amide bonds. The van der Waals surface area contributed by atoms with Crippen LogP contribution in [0.1, 0.15) is 91.2 Å². The maximum Gasteiger partial charge on any atom is 0.509 e. The molecule has 138 heavy (non-hydrogen) atoms. The first kappa shape index (κ1) is 91.8. The summed E-state index contributed by atoms with van der Waals surface area (Å²) < 4.78 is 22.4. The van der Waals surface area contributed by atoms with Gasteiger partial charge in [0.2, 0.25) is 0 Å². The molecule has 0 saturated heterocycles. The lowest BCUT2D eigenvalue weighted by Gasteiger charge is -2.27. The molecule has 0 radical (unpaired) electrons. The van der Waals surface area contributed by atoms with E-state index in [1.165, 1.54) is 0 Å². The number of carbonyl (C=O) groups excluding carboxylic acids is 2. The van der Waals surface area contributed by atoms with E-state index < -0.39 is 23.5 Å². The van der Waals surface area contributed by atoms with Crippen LogP contribution in [0.25, 0.3) is 55.6 Å². The van der Waals surface area contributed by atoms with E-state index in [0.717, 1.165) is 208 Å². The first-order valence-corrected chi connectivity index (χ1v) is 47.6. The van der Waals surface area contributed by atoms with Crippen LogP contribution in [0.15, 0.2) is 473 Å². The highest BCUT2D eigenvalue weighted by Crippen LogP contribution is 2.46. The van der Waals surface area contributed by atoms with Crippen molar-refractivity contribution in [3.8, 4) is 55.6 Å². The summed E-state index contributed by atoms with van der Waals surface area (Å²) in [5.41, 5.74) is 30.4. The molecule has 18 aromatic rings. The first-order chi connectivity index (χ1) is 67.6. The van der Waals surface area contributed by atoms with Gasteiger partial charge in [0.25, 0.3) is 0 Å². The summed E-state index contributed by atoms with van der Waals surface area (Å²) in [6, 6.07) is 168. The van der Waals surface area contributed by atoms with Gasteiger partial charge >= 0.3 is 12.3 Å². The minimum absolute atomic E-state index is 0.120. The van der Waals surface area contributed by atoms with Crippen molar-refractivity contribution < 1.29 is 28.5 Å². The Morgan fingerprint density at radius 1 is 0.188 bits per heavy atom. The third-order valence-corrected chi connectivity index (χ3v) is 25.1. The summed E-state index contributed by atoms with van der Waals surface area (Å²) in [7, 11) is 0. The van der Waals surface area contributed by atoms with Crippen LogP contribution < -0.4 is 29.4 Å². The van der Waals surface area contributed by atoms with Gasteiger partial charge in [-0.05, 0) is 339 Å². The van der Waals surface area contributed by atoms with Gasteiger partial charge in [0.1, 0.15) is 24.4 Å². The summed E-state index contributed by atoms with van der Waals surface area (Å²) in [6.45, 7) is 12.2. The van der Waals surface area contributed by atoms with Crippen molar-refractivity contribution in [2.45, 2.75) is 104 Å². The molecule has 0 unspecified atom stereocenters. The number of carbonyl (C=O) groups is 2. The van der Waals surface area contributed by atoms with Crippen molar-refractivity contribution >= 4 is 115 Å². The van der Waals surface area contributed by atoms with Crippen LogP contribution in [0.5, 0.6) is 0 Å². The van der Waals surface area contributed by atoms with Gasteiger partial charge in [-0.1, -0.05) is 281 Å². The molecule has 0 bridgehead atoms. The van der Waals surface area contributed by atoms with Gasteiger partial charge in [0, 0.05) is 102 Å². The van der Waals surface area contributed by atoms with Gasteiger partial charge in [-0.15, -0.1) is 0 Å². The highest BCUT2D eigenvalue weighted by molar-refractivity contribution is 5.88. The van der Waals surface area contributed by atoms with E-state index in [0.29, 0.717) is 0 Å². The van der Waals surface area contributed by atoms with Crippen molar-refractivity contribution in [3.63, 3.8) is 0 Å². The van der Waals surface area contributed by atoms with E-state index in [-0.39, 0.29) is 13.2 Å². The largest absolute Gasteiger partial charge is 0.509 e. The number of hydrogen-bond donors (Lipinski definition) is 0. The number of rotatable bonds is 35. The number of nitrogens with zero attached hydrogens (tertiary/aromatic N) is 6. The zero-order chi connectivity index (χ0) is 94.6. The number of para-hydroxylation sites is 6. The van der Waals surface area contributed by atoms with Gasteiger partial charge in [0.15, 0.2) is 0 Å². The fourth-order valence-electron chi connectivity index (χ4n) is 17.8. The number of hydrogen-bond acceptors (Lipinski definition) is 12. The molecule has 0 N–H and O–H groups in total. The molecule has 18 rings (SSSR count). The van der Waals surface area contributed by atoms with Gasteiger partial charge in [-0.3, -0.25) is 0 Å². The molecule has 0 atom stereocenters.